The highest BCUT2D eigenvalue weighted by molar-refractivity contribution is 5.87. The number of nitrogens with zero attached hydrogens (tertiary/aromatic N) is 1. The Labute approximate surface area is 148 Å². The van der Waals surface area contributed by atoms with Crippen LogP contribution in [0.2, 0.25) is 0 Å². The minimum absolute atomic E-state index is 0.0515. The van der Waals surface area contributed by atoms with Crippen LogP contribution in [0.3, 0.4) is 0 Å². The van der Waals surface area contributed by atoms with Gasteiger partial charge in [-0.3, -0.25) is 10.6 Å². The van der Waals surface area contributed by atoms with Gasteiger partial charge in [-0.1, -0.05) is 25.1 Å². The number of amides is 1. The van der Waals surface area contributed by atoms with Crippen molar-refractivity contribution in [3.8, 4) is 5.75 Å². The first kappa shape index (κ1) is 16.0. The largest absolute Gasteiger partial charge is 0.417 e. The average molecular weight is 337 g/mol. The van der Waals surface area contributed by atoms with Crippen LogP contribution in [0.15, 0.2) is 42.5 Å². The molecule has 5 nitrogen and oxygen atoms in total. The number of nitrogens with one attached hydrogen (secondary N) is 2. The molecule has 0 radical (unpaired) electrons. The summed E-state index contributed by atoms with van der Waals surface area (Å²) in [5.41, 5.74) is 4.26. The number of fused-ring (bicyclic) bond motifs is 3. The summed E-state index contributed by atoms with van der Waals surface area (Å²) in [6.07, 6.45) is 0.916. The van der Waals surface area contributed by atoms with Crippen LogP contribution in [0, 0.1) is 6.92 Å². The molecule has 2 aromatic carbocycles. The van der Waals surface area contributed by atoms with Crippen molar-refractivity contribution in [2.45, 2.75) is 31.8 Å². The van der Waals surface area contributed by atoms with Crippen LogP contribution in [0.5, 0.6) is 5.75 Å². The third-order valence-corrected chi connectivity index (χ3v) is 5.53. The number of ether oxygens (including phenoxy) is 1. The second-order valence-electron chi connectivity index (χ2n) is 7.14. The second-order valence-corrected chi connectivity index (χ2v) is 7.14. The van der Waals surface area contributed by atoms with Gasteiger partial charge in [0.25, 0.3) is 0 Å². The fourth-order valence-corrected chi connectivity index (χ4v) is 4.12. The van der Waals surface area contributed by atoms with E-state index in [0.717, 1.165) is 24.2 Å². The molecule has 2 aromatic rings. The van der Waals surface area contributed by atoms with Crippen molar-refractivity contribution in [1.29, 1.82) is 0 Å². The Balaban J connectivity index is 1.55. The Morgan fingerprint density at radius 1 is 1.32 bits per heavy atom. The summed E-state index contributed by atoms with van der Waals surface area (Å²) < 4.78 is 5.54. The molecule has 2 N–H and O–H groups in total. The Morgan fingerprint density at radius 2 is 2.12 bits per heavy atom. The zero-order valence-corrected chi connectivity index (χ0v) is 14.8. The predicted molar refractivity (Wildman–Crippen MR) is 99.4 cm³/mol. The lowest BCUT2D eigenvalue weighted by atomic mass is 9.81. The molecule has 0 aliphatic carbocycles. The highest BCUT2D eigenvalue weighted by atomic mass is 16.6. The molecule has 4 rings (SSSR count). The molecule has 2 atom stereocenters. The zero-order valence-electron chi connectivity index (χ0n) is 14.8. The molecule has 1 fully saturated rings. The van der Waals surface area contributed by atoms with E-state index in [1.807, 2.05) is 49.4 Å². The molecule has 0 bridgehead atoms. The van der Waals surface area contributed by atoms with Crippen LogP contribution in [0.4, 0.5) is 16.2 Å². The fourth-order valence-electron chi connectivity index (χ4n) is 4.12. The monoisotopic (exact) mass is 337 g/mol. The maximum Gasteiger partial charge on any atom is 0.417 e. The molecule has 2 heterocycles. The summed E-state index contributed by atoms with van der Waals surface area (Å²) in [6.45, 7) is 5.23. The van der Waals surface area contributed by atoms with E-state index in [1.54, 1.807) is 0 Å². The van der Waals surface area contributed by atoms with E-state index < -0.39 is 6.09 Å². The molecule has 25 heavy (non-hydrogen) atoms. The molecule has 1 saturated heterocycles. The number of carbonyl (C=O) groups is 1. The molecule has 130 valence electrons. The quantitative estimate of drug-likeness (QED) is 0.879. The van der Waals surface area contributed by atoms with E-state index in [2.05, 4.69) is 29.5 Å². The first-order chi connectivity index (χ1) is 12.0. The van der Waals surface area contributed by atoms with Gasteiger partial charge >= 0.3 is 6.09 Å². The molecular formula is C20H23N3O2. The maximum absolute atomic E-state index is 12.3. The van der Waals surface area contributed by atoms with Crippen LogP contribution in [-0.4, -0.2) is 25.9 Å². The summed E-state index contributed by atoms with van der Waals surface area (Å²) in [5, 5.41) is 6.37. The number of hydrogen-bond donors (Lipinski definition) is 2. The van der Waals surface area contributed by atoms with Gasteiger partial charge in [-0.2, -0.15) is 0 Å². The Kier molecular flexibility index (Phi) is 3.69. The van der Waals surface area contributed by atoms with E-state index in [0.29, 0.717) is 11.9 Å². The number of likely N-dealkylation sites (N-methyl/N-ethyl adjacent to an activating group) is 1. The smallest absolute Gasteiger partial charge is 0.410 e. The van der Waals surface area contributed by atoms with Crippen molar-refractivity contribution in [3.05, 3.63) is 53.6 Å². The van der Waals surface area contributed by atoms with E-state index in [1.165, 1.54) is 11.3 Å². The van der Waals surface area contributed by atoms with Crippen molar-refractivity contribution in [2.75, 3.05) is 23.8 Å². The number of benzene rings is 2. The maximum atomic E-state index is 12.3. The van der Waals surface area contributed by atoms with Crippen molar-refractivity contribution in [2.24, 2.45) is 0 Å². The lowest BCUT2D eigenvalue weighted by Gasteiger charge is -2.27. The molecule has 0 spiro atoms. The predicted octanol–water partition coefficient (Wildman–Crippen LogP) is 3.63. The molecule has 0 saturated carbocycles. The van der Waals surface area contributed by atoms with E-state index in [4.69, 9.17) is 4.74 Å². The van der Waals surface area contributed by atoms with Gasteiger partial charge in [0, 0.05) is 23.8 Å². The lowest BCUT2D eigenvalue weighted by molar-refractivity contribution is 0.215. The van der Waals surface area contributed by atoms with Gasteiger partial charge in [0.1, 0.15) is 5.75 Å². The molecule has 1 amide bonds. The van der Waals surface area contributed by atoms with Crippen LogP contribution in [0.1, 0.15) is 24.5 Å². The number of hydrogen-bond acceptors (Lipinski definition) is 4. The van der Waals surface area contributed by atoms with Gasteiger partial charge in [-0.05, 0) is 55.3 Å². The molecule has 0 unspecified atom stereocenters. The van der Waals surface area contributed by atoms with Gasteiger partial charge in [0.15, 0.2) is 0 Å². The second kappa shape index (κ2) is 5.77. The fraction of sp³-hybridized carbons (Fsp3) is 0.350. The van der Waals surface area contributed by atoms with Crippen LogP contribution in [-0.2, 0) is 5.41 Å². The highest BCUT2D eigenvalue weighted by Crippen LogP contribution is 2.49. The summed E-state index contributed by atoms with van der Waals surface area (Å²) in [7, 11) is 2.11. The molecule has 2 aliphatic rings. The number of rotatable bonds is 2. The normalized spacial score (nSPS) is 24.0. The van der Waals surface area contributed by atoms with E-state index in [9.17, 15) is 4.79 Å². The number of para-hydroxylation sites is 1. The Bertz CT molecular complexity index is 835. The van der Waals surface area contributed by atoms with Gasteiger partial charge in [0.2, 0.25) is 0 Å². The first-order valence-electron chi connectivity index (χ1n) is 8.64. The lowest BCUT2D eigenvalue weighted by Crippen LogP contribution is -2.44. The Hall–Kier alpha value is -2.53. The van der Waals surface area contributed by atoms with Crippen molar-refractivity contribution in [1.82, 2.24) is 5.32 Å². The van der Waals surface area contributed by atoms with Crippen molar-refractivity contribution >= 4 is 17.5 Å². The summed E-state index contributed by atoms with van der Waals surface area (Å²) in [6, 6.07) is 13.6. The molecule has 2 aliphatic heterocycles. The number of anilines is 2. The third-order valence-electron chi connectivity index (χ3n) is 5.53. The third kappa shape index (κ3) is 2.55. The van der Waals surface area contributed by atoms with E-state index in [-0.39, 0.29) is 5.41 Å². The SMILES string of the molecule is Cc1ccccc1NC(=O)Oc1ccc2c(c1)[C@]1(C)CCN[C@@H]1N2C. The summed E-state index contributed by atoms with van der Waals surface area (Å²) >= 11 is 0. The Morgan fingerprint density at radius 3 is 2.92 bits per heavy atom. The zero-order chi connectivity index (χ0) is 17.6. The minimum atomic E-state index is -0.466. The summed E-state index contributed by atoms with van der Waals surface area (Å²) in [5.74, 6) is 0.576. The highest BCUT2D eigenvalue weighted by Gasteiger charge is 2.49. The van der Waals surface area contributed by atoms with Gasteiger partial charge < -0.3 is 9.64 Å². The summed E-state index contributed by atoms with van der Waals surface area (Å²) in [4.78, 5) is 14.5. The van der Waals surface area contributed by atoms with Gasteiger partial charge in [-0.15, -0.1) is 0 Å². The minimum Gasteiger partial charge on any atom is -0.410 e. The average Bonchev–Trinajstić information content (AvgIpc) is 3.07. The van der Waals surface area contributed by atoms with Crippen LogP contribution in [0.25, 0.3) is 0 Å². The van der Waals surface area contributed by atoms with Gasteiger partial charge in [-0.25, -0.2) is 4.79 Å². The van der Waals surface area contributed by atoms with Crippen molar-refractivity contribution in [3.63, 3.8) is 0 Å². The molecule has 0 aromatic heterocycles. The standard InChI is InChI=1S/C20H23N3O2/c1-13-6-4-5-7-16(13)22-19(24)25-14-8-9-17-15(12-14)20(2)10-11-21-18(20)23(17)3/h4-9,12,18,21H,10-11H2,1-3H3,(H,22,24)/t18-,20+/m1/s1. The molecule has 5 heteroatoms. The number of aryl methyl sites for hydroxylation is 1. The molecular weight excluding hydrogens is 314 g/mol. The topological polar surface area (TPSA) is 53.6 Å². The van der Waals surface area contributed by atoms with Gasteiger partial charge in [0.05, 0.1) is 6.17 Å². The number of carbonyl (C=O) groups excluding carboxylic acids is 1. The van der Waals surface area contributed by atoms with Crippen molar-refractivity contribution < 1.29 is 9.53 Å². The first-order valence-corrected chi connectivity index (χ1v) is 8.64. The van der Waals surface area contributed by atoms with Crippen LogP contribution >= 0.6 is 0 Å². The van der Waals surface area contributed by atoms with E-state index >= 15 is 0 Å². The van der Waals surface area contributed by atoms with Crippen LogP contribution < -0.4 is 20.3 Å².